The van der Waals surface area contributed by atoms with Gasteiger partial charge in [0.2, 0.25) is 5.91 Å². The molecule has 1 aromatic carbocycles. The number of carbonyl (C=O) groups excluding carboxylic acids is 1. The maximum absolute atomic E-state index is 12.6. The summed E-state index contributed by atoms with van der Waals surface area (Å²) in [5.74, 6) is -0.819. The summed E-state index contributed by atoms with van der Waals surface area (Å²) < 4.78 is 5.15. The van der Waals surface area contributed by atoms with E-state index in [1.54, 1.807) is 19.2 Å². The quantitative estimate of drug-likeness (QED) is 0.896. The lowest BCUT2D eigenvalue weighted by atomic mass is 9.78. The second-order valence-corrected chi connectivity index (χ2v) is 6.39. The Morgan fingerprint density at radius 1 is 1.23 bits per heavy atom. The lowest BCUT2D eigenvalue weighted by Crippen LogP contribution is -2.37. The van der Waals surface area contributed by atoms with Crippen LogP contribution >= 0.6 is 0 Å². The largest absolute Gasteiger partial charge is 0.497 e. The first kappa shape index (κ1) is 14.9. The van der Waals surface area contributed by atoms with Gasteiger partial charge in [0.05, 0.1) is 18.9 Å². The Kier molecular flexibility index (Phi) is 3.81. The summed E-state index contributed by atoms with van der Waals surface area (Å²) in [4.78, 5) is 24.1. The number of carbonyl (C=O) groups is 2. The van der Waals surface area contributed by atoms with Crippen molar-refractivity contribution in [2.45, 2.75) is 26.2 Å². The third kappa shape index (κ3) is 2.45. The molecule has 118 valence electrons. The average Bonchev–Trinajstić information content (AvgIpc) is 3.09. The fraction of sp³-hybridized carbons (Fsp3) is 0.529. The maximum atomic E-state index is 12.6. The van der Waals surface area contributed by atoms with Crippen LogP contribution in [0.25, 0.3) is 0 Å². The molecule has 2 saturated carbocycles. The predicted molar refractivity (Wildman–Crippen MR) is 81.8 cm³/mol. The number of benzene rings is 1. The highest BCUT2D eigenvalue weighted by Gasteiger charge is 2.53. The van der Waals surface area contributed by atoms with E-state index in [1.807, 2.05) is 13.0 Å². The number of methoxy groups -OCH3 is 1. The molecule has 2 N–H and O–H groups in total. The second-order valence-electron chi connectivity index (χ2n) is 6.39. The van der Waals surface area contributed by atoms with Crippen LogP contribution in [0.2, 0.25) is 0 Å². The van der Waals surface area contributed by atoms with Crippen LogP contribution in [-0.2, 0) is 9.59 Å². The molecule has 4 atom stereocenters. The number of hydrogen-bond donors (Lipinski definition) is 2. The van der Waals surface area contributed by atoms with Crippen LogP contribution in [-0.4, -0.2) is 24.1 Å². The normalized spacial score (nSPS) is 29.4. The zero-order valence-corrected chi connectivity index (χ0v) is 12.8. The monoisotopic (exact) mass is 303 g/mol. The van der Waals surface area contributed by atoms with Crippen molar-refractivity contribution in [1.82, 2.24) is 0 Å². The summed E-state index contributed by atoms with van der Waals surface area (Å²) in [7, 11) is 1.60. The Labute approximate surface area is 129 Å². The molecule has 2 aliphatic rings. The van der Waals surface area contributed by atoms with E-state index in [0.717, 1.165) is 36.3 Å². The molecule has 3 rings (SSSR count). The van der Waals surface area contributed by atoms with Crippen molar-refractivity contribution < 1.29 is 19.4 Å². The van der Waals surface area contributed by atoms with Gasteiger partial charge >= 0.3 is 5.97 Å². The molecule has 0 spiro atoms. The van der Waals surface area contributed by atoms with Crippen molar-refractivity contribution in [3.8, 4) is 5.75 Å². The van der Waals surface area contributed by atoms with Crippen LogP contribution in [0, 0.1) is 30.6 Å². The topological polar surface area (TPSA) is 75.6 Å². The molecule has 0 unspecified atom stereocenters. The van der Waals surface area contributed by atoms with Gasteiger partial charge in [0.15, 0.2) is 0 Å². The lowest BCUT2D eigenvalue weighted by Gasteiger charge is -2.27. The summed E-state index contributed by atoms with van der Waals surface area (Å²) in [6.07, 6.45) is 2.78. The summed E-state index contributed by atoms with van der Waals surface area (Å²) in [5, 5.41) is 12.4. The lowest BCUT2D eigenvalue weighted by molar-refractivity contribution is -0.148. The first-order chi connectivity index (χ1) is 10.5. The Balaban J connectivity index is 1.78. The molecule has 1 aromatic rings. The predicted octanol–water partition coefficient (Wildman–Crippen LogP) is 2.69. The fourth-order valence-electron chi connectivity index (χ4n) is 4.14. The number of carboxylic acids is 1. The molecule has 0 radical (unpaired) electrons. The van der Waals surface area contributed by atoms with Gasteiger partial charge in [-0.1, -0.05) is 0 Å². The van der Waals surface area contributed by atoms with Crippen molar-refractivity contribution >= 4 is 17.6 Å². The molecule has 0 aromatic heterocycles. The molecule has 0 saturated heterocycles. The summed E-state index contributed by atoms with van der Waals surface area (Å²) in [6.45, 7) is 1.90. The molecule has 2 aliphatic carbocycles. The number of hydrogen-bond acceptors (Lipinski definition) is 3. The van der Waals surface area contributed by atoms with Gasteiger partial charge in [-0.05, 0) is 61.8 Å². The number of anilines is 1. The van der Waals surface area contributed by atoms with Gasteiger partial charge < -0.3 is 15.2 Å². The number of ether oxygens (including phenoxy) is 1. The molecule has 2 fully saturated rings. The number of aryl methyl sites for hydroxylation is 1. The third-order valence-corrected chi connectivity index (χ3v) is 5.20. The summed E-state index contributed by atoms with van der Waals surface area (Å²) >= 11 is 0. The highest BCUT2D eigenvalue weighted by molar-refractivity contribution is 5.96. The summed E-state index contributed by atoms with van der Waals surface area (Å²) in [5.41, 5.74) is 1.63. The van der Waals surface area contributed by atoms with Crippen LogP contribution in [0.1, 0.15) is 24.8 Å². The Hall–Kier alpha value is -2.04. The molecule has 5 heteroatoms. The van der Waals surface area contributed by atoms with Crippen molar-refractivity contribution in [3.05, 3.63) is 23.8 Å². The first-order valence-corrected chi connectivity index (χ1v) is 7.69. The smallest absolute Gasteiger partial charge is 0.307 e. The zero-order chi connectivity index (χ0) is 15.9. The van der Waals surface area contributed by atoms with Crippen LogP contribution in [0.4, 0.5) is 5.69 Å². The Bertz CT molecular complexity index is 613. The van der Waals surface area contributed by atoms with Gasteiger partial charge in [0.25, 0.3) is 0 Å². The molecule has 1 amide bonds. The van der Waals surface area contributed by atoms with Crippen LogP contribution < -0.4 is 10.1 Å². The average molecular weight is 303 g/mol. The molecule has 0 aliphatic heterocycles. The number of rotatable bonds is 4. The van der Waals surface area contributed by atoms with E-state index >= 15 is 0 Å². The molecular formula is C17H21NO4. The number of carboxylic acid groups (broad SMARTS) is 1. The number of fused-ring (bicyclic) bond motifs is 2. The van der Waals surface area contributed by atoms with E-state index in [2.05, 4.69) is 5.32 Å². The second kappa shape index (κ2) is 5.63. The third-order valence-electron chi connectivity index (χ3n) is 5.20. The number of nitrogens with one attached hydrogen (secondary N) is 1. The minimum absolute atomic E-state index is 0.159. The standard InChI is InChI=1S/C17H21NO4/c1-9-7-12(22-2)5-6-13(9)18-16(19)14-10-3-4-11(8-10)15(14)17(20)21/h5-7,10-11,14-15H,3-4,8H2,1-2H3,(H,18,19)(H,20,21)/t10-,11+,14+,15+/m1/s1. The van der Waals surface area contributed by atoms with E-state index in [9.17, 15) is 14.7 Å². The first-order valence-electron chi connectivity index (χ1n) is 7.69. The van der Waals surface area contributed by atoms with Crippen LogP contribution in [0.3, 0.4) is 0 Å². The van der Waals surface area contributed by atoms with Crippen LogP contribution in [0.5, 0.6) is 5.75 Å². The van der Waals surface area contributed by atoms with E-state index in [4.69, 9.17) is 4.74 Å². The zero-order valence-electron chi connectivity index (χ0n) is 12.8. The maximum Gasteiger partial charge on any atom is 0.307 e. The molecule has 0 heterocycles. The van der Waals surface area contributed by atoms with Crippen molar-refractivity contribution in [2.24, 2.45) is 23.7 Å². The van der Waals surface area contributed by atoms with Gasteiger partial charge in [-0.25, -0.2) is 0 Å². The van der Waals surface area contributed by atoms with Gasteiger partial charge in [-0.3, -0.25) is 9.59 Å². The van der Waals surface area contributed by atoms with E-state index in [-0.39, 0.29) is 17.7 Å². The SMILES string of the molecule is COc1ccc(NC(=O)[C@H]2[C@@H]3CC[C@@H](C3)[C@@H]2C(=O)O)c(C)c1. The van der Waals surface area contributed by atoms with E-state index in [0.29, 0.717) is 0 Å². The molecule has 22 heavy (non-hydrogen) atoms. The Morgan fingerprint density at radius 2 is 1.91 bits per heavy atom. The van der Waals surface area contributed by atoms with Gasteiger partial charge in [0.1, 0.15) is 5.75 Å². The minimum atomic E-state index is -0.834. The summed E-state index contributed by atoms with van der Waals surface area (Å²) in [6, 6.07) is 5.44. The van der Waals surface area contributed by atoms with Gasteiger partial charge in [0, 0.05) is 5.69 Å². The van der Waals surface area contributed by atoms with Crippen molar-refractivity contribution in [2.75, 3.05) is 12.4 Å². The Morgan fingerprint density at radius 3 is 2.50 bits per heavy atom. The number of aliphatic carboxylic acids is 1. The van der Waals surface area contributed by atoms with Crippen LogP contribution in [0.15, 0.2) is 18.2 Å². The van der Waals surface area contributed by atoms with E-state index < -0.39 is 17.8 Å². The minimum Gasteiger partial charge on any atom is -0.497 e. The van der Waals surface area contributed by atoms with Gasteiger partial charge in [-0.2, -0.15) is 0 Å². The highest BCUT2D eigenvalue weighted by Crippen LogP contribution is 2.52. The highest BCUT2D eigenvalue weighted by atomic mass is 16.5. The molecular weight excluding hydrogens is 282 g/mol. The number of amides is 1. The molecule has 2 bridgehead atoms. The van der Waals surface area contributed by atoms with E-state index in [1.165, 1.54) is 0 Å². The van der Waals surface area contributed by atoms with Crippen molar-refractivity contribution in [1.29, 1.82) is 0 Å². The van der Waals surface area contributed by atoms with Gasteiger partial charge in [-0.15, -0.1) is 0 Å². The fourth-order valence-corrected chi connectivity index (χ4v) is 4.14. The molecule has 5 nitrogen and oxygen atoms in total. The van der Waals surface area contributed by atoms with Crippen molar-refractivity contribution in [3.63, 3.8) is 0 Å².